The molecule has 0 aliphatic rings. The van der Waals surface area contributed by atoms with Crippen molar-refractivity contribution in [2.45, 2.75) is 20.3 Å². The van der Waals surface area contributed by atoms with E-state index in [1.165, 1.54) is 13.0 Å². The van der Waals surface area contributed by atoms with Crippen LogP contribution in [0.3, 0.4) is 0 Å². The Morgan fingerprint density at radius 3 is 2.40 bits per heavy atom. The first-order valence-electron chi connectivity index (χ1n) is 4.36. The van der Waals surface area contributed by atoms with E-state index in [0.29, 0.717) is 11.8 Å². The Morgan fingerprint density at radius 2 is 2.00 bits per heavy atom. The molecule has 80 valence electrons. The number of carbonyl (C=O) groups is 2. The first kappa shape index (κ1) is 11.5. The second-order valence-corrected chi connectivity index (χ2v) is 3.27. The number of aryl methyl sites for hydroxylation is 1. The second-order valence-electron chi connectivity index (χ2n) is 3.27. The molecule has 0 aliphatic carbocycles. The summed E-state index contributed by atoms with van der Waals surface area (Å²) in [6.07, 6.45) is -2.24. The predicted octanol–water partition coefficient (Wildman–Crippen LogP) is 2.95. The monoisotopic (exact) mass is 212 g/mol. The standard InChI is InChI=1S/C11H10F2O2/c1-6-3-9(7(2)15)10(11(12)13)4-8(6)5-14/h3-5,11H,1-2H3. The Morgan fingerprint density at radius 1 is 1.40 bits per heavy atom. The van der Waals surface area contributed by atoms with Gasteiger partial charge in [0.15, 0.2) is 5.78 Å². The molecule has 0 unspecified atom stereocenters. The fourth-order valence-electron chi connectivity index (χ4n) is 1.35. The fraction of sp³-hybridized carbons (Fsp3) is 0.273. The van der Waals surface area contributed by atoms with Gasteiger partial charge >= 0.3 is 0 Å². The lowest BCUT2D eigenvalue weighted by atomic mass is 9.98. The van der Waals surface area contributed by atoms with Gasteiger partial charge < -0.3 is 0 Å². The van der Waals surface area contributed by atoms with E-state index >= 15 is 0 Å². The number of hydrogen-bond donors (Lipinski definition) is 0. The molecule has 0 bridgehead atoms. The molecule has 1 aromatic carbocycles. The molecule has 1 aromatic rings. The van der Waals surface area contributed by atoms with Crippen molar-refractivity contribution >= 4 is 12.1 Å². The van der Waals surface area contributed by atoms with Crippen LogP contribution < -0.4 is 0 Å². The van der Waals surface area contributed by atoms with Gasteiger partial charge in [-0.05, 0) is 31.5 Å². The molecular weight excluding hydrogens is 202 g/mol. The topological polar surface area (TPSA) is 34.1 Å². The lowest BCUT2D eigenvalue weighted by Crippen LogP contribution is -2.03. The largest absolute Gasteiger partial charge is 0.298 e. The highest BCUT2D eigenvalue weighted by Crippen LogP contribution is 2.26. The zero-order valence-corrected chi connectivity index (χ0v) is 8.38. The van der Waals surface area contributed by atoms with E-state index in [2.05, 4.69) is 0 Å². The normalized spacial score (nSPS) is 10.5. The van der Waals surface area contributed by atoms with Gasteiger partial charge in [0.05, 0.1) is 0 Å². The van der Waals surface area contributed by atoms with Gasteiger partial charge in [0.1, 0.15) is 6.29 Å². The van der Waals surface area contributed by atoms with Gasteiger partial charge in [0.25, 0.3) is 6.43 Å². The number of carbonyl (C=O) groups excluding carboxylic acids is 2. The molecule has 0 heterocycles. The lowest BCUT2D eigenvalue weighted by Gasteiger charge is -2.09. The van der Waals surface area contributed by atoms with Gasteiger partial charge in [-0.1, -0.05) is 0 Å². The SMILES string of the molecule is CC(=O)c1cc(C)c(C=O)cc1C(F)F. The average molecular weight is 212 g/mol. The van der Waals surface area contributed by atoms with Gasteiger partial charge in [-0.2, -0.15) is 0 Å². The van der Waals surface area contributed by atoms with Crippen LogP contribution in [-0.4, -0.2) is 12.1 Å². The second kappa shape index (κ2) is 4.29. The van der Waals surface area contributed by atoms with Crippen LogP contribution in [0.5, 0.6) is 0 Å². The summed E-state index contributed by atoms with van der Waals surface area (Å²) in [4.78, 5) is 21.7. The summed E-state index contributed by atoms with van der Waals surface area (Å²) in [6.45, 7) is 2.83. The van der Waals surface area contributed by atoms with Crippen molar-refractivity contribution in [1.82, 2.24) is 0 Å². The highest BCUT2D eigenvalue weighted by molar-refractivity contribution is 5.97. The van der Waals surface area contributed by atoms with Crippen LogP contribution in [-0.2, 0) is 0 Å². The van der Waals surface area contributed by atoms with Gasteiger partial charge in [0, 0.05) is 16.7 Å². The van der Waals surface area contributed by atoms with Crippen molar-refractivity contribution in [3.05, 3.63) is 34.4 Å². The van der Waals surface area contributed by atoms with E-state index < -0.39 is 12.2 Å². The minimum absolute atomic E-state index is 0.0203. The van der Waals surface area contributed by atoms with Crippen molar-refractivity contribution < 1.29 is 18.4 Å². The Bertz CT molecular complexity index is 411. The van der Waals surface area contributed by atoms with Crippen molar-refractivity contribution in [1.29, 1.82) is 0 Å². The Hall–Kier alpha value is -1.58. The summed E-state index contributed by atoms with van der Waals surface area (Å²) in [6, 6.07) is 2.40. The molecule has 0 radical (unpaired) electrons. The summed E-state index contributed by atoms with van der Waals surface area (Å²) in [5, 5.41) is 0. The van der Waals surface area contributed by atoms with Gasteiger partial charge in [-0.25, -0.2) is 8.78 Å². The molecule has 0 spiro atoms. The molecule has 0 saturated heterocycles. The average Bonchev–Trinajstić information content (AvgIpc) is 2.16. The minimum atomic E-state index is -2.75. The molecule has 2 nitrogen and oxygen atoms in total. The number of halogens is 2. The number of hydrogen-bond acceptors (Lipinski definition) is 2. The van der Waals surface area contributed by atoms with E-state index in [0.717, 1.165) is 6.07 Å². The predicted molar refractivity (Wildman–Crippen MR) is 51.5 cm³/mol. The van der Waals surface area contributed by atoms with Gasteiger partial charge in [0.2, 0.25) is 0 Å². The molecule has 15 heavy (non-hydrogen) atoms. The zero-order valence-electron chi connectivity index (χ0n) is 8.38. The molecule has 0 aromatic heterocycles. The van der Waals surface area contributed by atoms with Gasteiger partial charge in [-0.15, -0.1) is 0 Å². The van der Waals surface area contributed by atoms with E-state index in [1.54, 1.807) is 6.92 Å². The van der Waals surface area contributed by atoms with Crippen LogP contribution in [0.1, 0.15) is 45.2 Å². The highest BCUT2D eigenvalue weighted by atomic mass is 19.3. The van der Waals surface area contributed by atoms with Crippen LogP contribution in [0, 0.1) is 6.92 Å². The quantitative estimate of drug-likeness (QED) is 0.570. The van der Waals surface area contributed by atoms with E-state index in [4.69, 9.17) is 0 Å². The number of benzene rings is 1. The maximum atomic E-state index is 12.6. The Balaban J connectivity index is 3.45. The molecule has 0 fully saturated rings. The maximum Gasteiger partial charge on any atom is 0.264 e. The molecule has 0 N–H and O–H groups in total. The molecular formula is C11H10F2O2. The van der Waals surface area contributed by atoms with Crippen LogP contribution >= 0.6 is 0 Å². The lowest BCUT2D eigenvalue weighted by molar-refractivity contribution is 0.0997. The maximum absolute atomic E-state index is 12.6. The van der Waals surface area contributed by atoms with Gasteiger partial charge in [-0.3, -0.25) is 9.59 Å². The van der Waals surface area contributed by atoms with E-state index in [1.807, 2.05) is 0 Å². The zero-order chi connectivity index (χ0) is 11.6. The summed E-state index contributed by atoms with van der Waals surface area (Å²) in [7, 11) is 0. The third-order valence-corrected chi connectivity index (χ3v) is 2.18. The van der Waals surface area contributed by atoms with Crippen LogP contribution in [0.4, 0.5) is 8.78 Å². The molecule has 0 atom stereocenters. The summed E-state index contributed by atoms with van der Waals surface area (Å²) in [5.74, 6) is -0.425. The van der Waals surface area contributed by atoms with Crippen LogP contribution in [0.2, 0.25) is 0 Å². The van der Waals surface area contributed by atoms with E-state index in [9.17, 15) is 18.4 Å². The molecule has 4 heteroatoms. The number of aldehydes is 1. The molecule has 0 amide bonds. The van der Waals surface area contributed by atoms with Crippen molar-refractivity contribution in [2.75, 3.05) is 0 Å². The number of rotatable bonds is 3. The molecule has 0 aliphatic heterocycles. The number of Topliss-reactive ketones (excluding diaryl/α,β-unsaturated/α-hetero) is 1. The third-order valence-electron chi connectivity index (χ3n) is 2.18. The van der Waals surface area contributed by atoms with E-state index in [-0.39, 0.29) is 16.7 Å². The summed E-state index contributed by atoms with van der Waals surface area (Å²) < 4.78 is 25.1. The fourth-order valence-corrected chi connectivity index (χ4v) is 1.35. The van der Waals surface area contributed by atoms with Crippen molar-refractivity contribution in [2.24, 2.45) is 0 Å². The minimum Gasteiger partial charge on any atom is -0.298 e. The van der Waals surface area contributed by atoms with Crippen molar-refractivity contribution in [3.63, 3.8) is 0 Å². The number of ketones is 1. The molecule has 0 saturated carbocycles. The summed E-state index contributed by atoms with van der Waals surface area (Å²) >= 11 is 0. The summed E-state index contributed by atoms with van der Waals surface area (Å²) in [5.41, 5.74) is 0.318. The number of alkyl halides is 2. The Labute approximate surface area is 85.9 Å². The Kier molecular flexibility index (Phi) is 3.29. The molecule has 1 rings (SSSR count). The van der Waals surface area contributed by atoms with Crippen LogP contribution in [0.15, 0.2) is 12.1 Å². The third kappa shape index (κ3) is 2.26. The highest BCUT2D eigenvalue weighted by Gasteiger charge is 2.17. The van der Waals surface area contributed by atoms with Crippen LogP contribution in [0.25, 0.3) is 0 Å². The van der Waals surface area contributed by atoms with Crippen molar-refractivity contribution in [3.8, 4) is 0 Å². The smallest absolute Gasteiger partial charge is 0.264 e. The first-order chi connectivity index (χ1) is 6.97. The first-order valence-corrected chi connectivity index (χ1v) is 4.36.